The Morgan fingerprint density at radius 1 is 0.950 bits per heavy atom. The minimum absolute atomic E-state index is 0.294. The number of ether oxygens (including phenoxy) is 2. The van der Waals surface area contributed by atoms with Crippen molar-refractivity contribution in [3.8, 4) is 0 Å². The second-order valence-corrected chi connectivity index (χ2v) is 3.87. The average Bonchev–Trinajstić information content (AvgIpc) is 2.48. The van der Waals surface area contributed by atoms with E-state index in [4.69, 9.17) is 9.47 Å². The fourth-order valence-electron chi connectivity index (χ4n) is 1.70. The van der Waals surface area contributed by atoms with Crippen molar-refractivity contribution >= 4 is 60.9 Å². The molecule has 0 unspecified atom stereocenters. The van der Waals surface area contributed by atoms with E-state index < -0.39 is 42.6 Å². The van der Waals surface area contributed by atoms with E-state index in [2.05, 4.69) is 37.2 Å². The Morgan fingerprint density at radius 3 is 1.75 bits per heavy atom. The SMILES string of the molecule is CCN1C(=O)C(OCOC2C(=O)N(C)C2=O)C1=O.II. The van der Waals surface area contributed by atoms with Crippen molar-refractivity contribution in [3.63, 3.8) is 0 Å². The van der Waals surface area contributed by atoms with Gasteiger partial charge in [0.25, 0.3) is 23.6 Å². The van der Waals surface area contributed by atoms with Gasteiger partial charge in [0.15, 0.2) is 0 Å². The lowest BCUT2D eigenvalue weighted by atomic mass is 10.1. The Morgan fingerprint density at radius 2 is 1.35 bits per heavy atom. The minimum atomic E-state index is -1.18. The number of likely N-dealkylation sites (tertiary alicyclic amines) is 2. The summed E-state index contributed by atoms with van der Waals surface area (Å²) < 4.78 is 9.75. The highest BCUT2D eigenvalue weighted by atomic mass is 128. The quantitative estimate of drug-likeness (QED) is 0.222. The maximum absolute atomic E-state index is 11.3. The van der Waals surface area contributed by atoms with Gasteiger partial charge in [0, 0.05) is 50.8 Å². The monoisotopic (exact) mass is 510 g/mol. The first-order chi connectivity index (χ1) is 9.49. The van der Waals surface area contributed by atoms with E-state index in [9.17, 15) is 19.2 Å². The van der Waals surface area contributed by atoms with Gasteiger partial charge >= 0.3 is 0 Å². The lowest BCUT2D eigenvalue weighted by Gasteiger charge is -2.36. The summed E-state index contributed by atoms with van der Waals surface area (Å²) in [5, 5.41) is 0. The largest absolute Gasteiger partial charge is 0.332 e. The lowest BCUT2D eigenvalue weighted by molar-refractivity contribution is -0.200. The molecule has 2 aliphatic heterocycles. The van der Waals surface area contributed by atoms with E-state index in [-0.39, 0.29) is 0 Å². The molecule has 0 atom stereocenters. The summed E-state index contributed by atoms with van der Waals surface area (Å²) in [6.07, 6.45) is -2.35. The smallest absolute Gasteiger partial charge is 0.268 e. The van der Waals surface area contributed by atoms with Crippen molar-refractivity contribution in [1.29, 1.82) is 0 Å². The highest BCUT2D eigenvalue weighted by Crippen LogP contribution is 2.17. The molecule has 0 bridgehead atoms. The van der Waals surface area contributed by atoms with Crippen LogP contribution in [0.25, 0.3) is 0 Å². The number of carbonyl (C=O) groups excluding carboxylic acids is 4. The van der Waals surface area contributed by atoms with Crippen LogP contribution in [0.3, 0.4) is 0 Å². The lowest BCUT2D eigenvalue weighted by Crippen LogP contribution is -2.63. The van der Waals surface area contributed by atoms with Gasteiger partial charge in [0.05, 0.1) is 0 Å². The van der Waals surface area contributed by atoms with Gasteiger partial charge in [-0.3, -0.25) is 29.0 Å². The number of nitrogens with zero attached hydrogens (tertiary/aromatic N) is 2. The Kier molecular flexibility index (Phi) is 6.74. The molecule has 20 heavy (non-hydrogen) atoms. The molecule has 2 fully saturated rings. The third-order valence-corrected chi connectivity index (χ3v) is 2.88. The van der Waals surface area contributed by atoms with Crippen LogP contribution in [-0.4, -0.2) is 66.0 Å². The number of hydrogen-bond acceptors (Lipinski definition) is 6. The van der Waals surface area contributed by atoms with Gasteiger partial charge in [-0.05, 0) is 6.92 Å². The number of carbonyl (C=O) groups is 4. The Balaban J connectivity index is 0.000000956. The van der Waals surface area contributed by atoms with Crippen LogP contribution in [0.15, 0.2) is 0 Å². The molecule has 8 nitrogen and oxygen atoms in total. The third kappa shape index (κ3) is 3.12. The average molecular weight is 510 g/mol. The van der Waals surface area contributed by atoms with Crippen LogP contribution in [0.5, 0.6) is 0 Å². The summed E-state index contributed by atoms with van der Waals surface area (Å²) in [7, 11) is 1.34. The molecule has 4 amide bonds. The van der Waals surface area contributed by atoms with Gasteiger partial charge < -0.3 is 9.47 Å². The van der Waals surface area contributed by atoms with Crippen LogP contribution in [0.1, 0.15) is 6.92 Å². The molecule has 0 N–H and O–H groups in total. The number of halogens is 2. The van der Waals surface area contributed by atoms with Crippen molar-refractivity contribution in [1.82, 2.24) is 9.80 Å². The predicted molar refractivity (Wildman–Crippen MR) is 82.8 cm³/mol. The van der Waals surface area contributed by atoms with E-state index in [1.54, 1.807) is 6.92 Å². The number of β-lactam (4-membered cyclic amide) rings is 4. The molecular weight excluding hydrogens is 498 g/mol. The first kappa shape index (κ1) is 17.7. The molecule has 0 saturated carbocycles. The fourth-order valence-corrected chi connectivity index (χ4v) is 1.70. The van der Waals surface area contributed by atoms with E-state index in [1.165, 1.54) is 7.05 Å². The standard InChI is InChI=1S/C10H12N2O6.I2/c1-3-12-9(15)6(10(12)16)18-4-17-5-7(13)11(2)8(5)14;1-2/h5-6H,3-4H2,1-2H3;. The van der Waals surface area contributed by atoms with E-state index in [1.807, 2.05) is 0 Å². The van der Waals surface area contributed by atoms with Crippen LogP contribution >= 0.6 is 37.2 Å². The van der Waals surface area contributed by atoms with E-state index >= 15 is 0 Å². The van der Waals surface area contributed by atoms with Gasteiger partial charge in [-0.15, -0.1) is 0 Å². The molecular formula is C10H12I2N2O6. The molecule has 2 aliphatic rings. The molecule has 2 saturated heterocycles. The van der Waals surface area contributed by atoms with Crippen LogP contribution in [0, 0.1) is 0 Å². The first-order valence-electron chi connectivity index (χ1n) is 5.53. The first-order valence-corrected chi connectivity index (χ1v) is 11.8. The molecule has 0 aliphatic carbocycles. The highest BCUT2D eigenvalue weighted by molar-refractivity contribution is 15.0. The normalized spacial score (nSPS) is 19.6. The number of rotatable bonds is 5. The minimum Gasteiger partial charge on any atom is -0.332 e. The fraction of sp³-hybridized carbons (Fsp3) is 0.600. The maximum Gasteiger partial charge on any atom is 0.268 e. The van der Waals surface area contributed by atoms with Crippen molar-refractivity contribution in [2.45, 2.75) is 19.1 Å². The predicted octanol–water partition coefficient (Wildman–Crippen LogP) is -0.127. The zero-order chi connectivity index (χ0) is 15.4. The molecule has 0 aromatic carbocycles. The second-order valence-electron chi connectivity index (χ2n) is 3.87. The summed E-state index contributed by atoms with van der Waals surface area (Å²) >= 11 is 4.24. The van der Waals surface area contributed by atoms with Crippen molar-refractivity contribution in [2.24, 2.45) is 0 Å². The van der Waals surface area contributed by atoms with Crippen LogP contribution in [0.4, 0.5) is 0 Å². The molecule has 0 radical (unpaired) electrons. The van der Waals surface area contributed by atoms with Gasteiger partial charge in [0.1, 0.15) is 6.79 Å². The third-order valence-electron chi connectivity index (χ3n) is 2.88. The number of amides is 4. The van der Waals surface area contributed by atoms with Crippen LogP contribution in [0.2, 0.25) is 0 Å². The highest BCUT2D eigenvalue weighted by Gasteiger charge is 2.48. The molecule has 10 heteroatoms. The topological polar surface area (TPSA) is 93.2 Å². The van der Waals surface area contributed by atoms with Crippen molar-refractivity contribution in [3.05, 3.63) is 0 Å². The molecule has 2 rings (SSSR count). The summed E-state index contributed by atoms with van der Waals surface area (Å²) in [6.45, 7) is 1.52. The van der Waals surface area contributed by atoms with Crippen LogP contribution < -0.4 is 0 Å². The zero-order valence-corrected chi connectivity index (χ0v) is 15.0. The molecule has 0 spiro atoms. The zero-order valence-electron chi connectivity index (χ0n) is 10.7. The summed E-state index contributed by atoms with van der Waals surface area (Å²) in [5.41, 5.74) is 0. The molecule has 0 aromatic heterocycles. The Labute approximate surface area is 138 Å². The van der Waals surface area contributed by atoms with Gasteiger partial charge in [-0.2, -0.15) is 0 Å². The van der Waals surface area contributed by atoms with Crippen molar-refractivity contribution < 1.29 is 28.7 Å². The summed E-state index contributed by atoms with van der Waals surface area (Å²) in [4.78, 5) is 46.9. The summed E-state index contributed by atoms with van der Waals surface area (Å²) in [5.74, 6) is -1.81. The number of hydrogen-bond donors (Lipinski definition) is 0. The van der Waals surface area contributed by atoms with Crippen molar-refractivity contribution in [2.75, 3.05) is 20.4 Å². The Bertz CT molecular complexity index is 411. The van der Waals surface area contributed by atoms with Gasteiger partial charge in [0.2, 0.25) is 12.2 Å². The summed E-state index contributed by atoms with van der Waals surface area (Å²) in [6, 6.07) is 0. The Hall–Kier alpha value is -0.340. The molecule has 0 aromatic rings. The molecule has 112 valence electrons. The van der Waals surface area contributed by atoms with E-state index in [0.717, 1.165) is 9.80 Å². The van der Waals surface area contributed by atoms with Gasteiger partial charge in [-0.25, -0.2) is 0 Å². The maximum atomic E-state index is 11.3. The second kappa shape index (κ2) is 7.61. The van der Waals surface area contributed by atoms with E-state index in [0.29, 0.717) is 6.54 Å². The number of imide groups is 2. The van der Waals surface area contributed by atoms with Crippen LogP contribution in [-0.2, 0) is 28.7 Å². The molecule has 2 heterocycles. The van der Waals surface area contributed by atoms with Gasteiger partial charge in [-0.1, -0.05) is 0 Å². The number of likely N-dealkylation sites (N-methyl/N-ethyl adjacent to an activating group) is 2.